The highest BCUT2D eigenvalue weighted by atomic mass is 19.1. The van der Waals surface area contributed by atoms with Crippen molar-refractivity contribution in [3.63, 3.8) is 0 Å². The van der Waals surface area contributed by atoms with Gasteiger partial charge in [0.15, 0.2) is 5.78 Å². The Labute approximate surface area is 108 Å². The molecule has 3 nitrogen and oxygen atoms in total. The largest absolute Gasteiger partial charge is 0.377 e. The molecule has 0 bridgehead atoms. The quantitative estimate of drug-likeness (QED) is 0.796. The third kappa shape index (κ3) is 2.66. The van der Waals surface area contributed by atoms with Crippen molar-refractivity contribution in [3.05, 3.63) is 53.7 Å². The number of nitrogens with zero attached hydrogens (tertiary/aromatic N) is 1. The van der Waals surface area contributed by atoms with Gasteiger partial charge in [-0.1, -0.05) is 6.07 Å². The maximum absolute atomic E-state index is 14.2. The van der Waals surface area contributed by atoms with Gasteiger partial charge in [-0.2, -0.15) is 0 Å². The Kier molecular flexibility index (Phi) is 3.97. The molecule has 0 atom stereocenters. The summed E-state index contributed by atoms with van der Waals surface area (Å²) in [4.78, 5) is 15.6. The fourth-order valence-electron chi connectivity index (χ4n) is 1.73. The molecule has 1 aromatic heterocycles. The number of ketones is 1. The first-order valence-corrected chi connectivity index (χ1v) is 5.56. The average Bonchev–Trinajstić information content (AvgIpc) is 2.40. The van der Waals surface area contributed by atoms with Crippen LogP contribution in [0.5, 0.6) is 0 Å². The van der Waals surface area contributed by atoms with Crippen molar-refractivity contribution in [3.8, 4) is 11.3 Å². The molecule has 5 heteroatoms. The van der Waals surface area contributed by atoms with Crippen LogP contribution in [0.25, 0.3) is 11.3 Å². The molecule has 19 heavy (non-hydrogen) atoms. The van der Waals surface area contributed by atoms with Crippen molar-refractivity contribution in [2.45, 2.75) is 0 Å². The molecule has 1 aromatic carbocycles. The van der Waals surface area contributed by atoms with Crippen LogP contribution < -0.4 is 0 Å². The third-order valence-electron chi connectivity index (χ3n) is 2.59. The number of aromatic nitrogens is 1. The molecular weight excluding hydrogens is 252 g/mol. The van der Waals surface area contributed by atoms with Crippen LogP contribution in [-0.4, -0.2) is 24.5 Å². The van der Waals surface area contributed by atoms with E-state index < -0.39 is 23.0 Å². The minimum absolute atomic E-state index is 0.0847. The Morgan fingerprint density at radius 2 is 2.05 bits per heavy atom. The summed E-state index contributed by atoms with van der Waals surface area (Å²) < 4.78 is 32.4. The Bertz CT molecular complexity index is 600. The standard InChI is InChI=1S/C14H11F2NO2/c1-19-8-12(18)13-10(15)6-5-9(14(13)16)11-4-2-3-7-17-11/h2-7H,8H2,1H3. The number of pyridine rings is 1. The van der Waals surface area contributed by atoms with Crippen molar-refractivity contribution in [2.24, 2.45) is 0 Å². The van der Waals surface area contributed by atoms with Crippen LogP contribution in [0.3, 0.4) is 0 Å². The first kappa shape index (κ1) is 13.3. The number of hydrogen-bond acceptors (Lipinski definition) is 3. The highest BCUT2D eigenvalue weighted by Crippen LogP contribution is 2.25. The zero-order valence-corrected chi connectivity index (χ0v) is 10.2. The van der Waals surface area contributed by atoms with Crippen LogP contribution in [0.1, 0.15) is 10.4 Å². The molecule has 0 spiro atoms. The molecule has 98 valence electrons. The molecular formula is C14H11F2NO2. The Morgan fingerprint density at radius 1 is 1.26 bits per heavy atom. The number of carbonyl (C=O) groups is 1. The molecule has 0 saturated heterocycles. The van der Waals surface area contributed by atoms with Gasteiger partial charge in [0.25, 0.3) is 0 Å². The molecule has 0 fully saturated rings. The minimum Gasteiger partial charge on any atom is -0.377 e. The molecule has 0 saturated carbocycles. The van der Waals surface area contributed by atoms with Gasteiger partial charge in [-0.15, -0.1) is 0 Å². The predicted molar refractivity (Wildman–Crippen MR) is 65.8 cm³/mol. The minimum atomic E-state index is -0.916. The van der Waals surface area contributed by atoms with Gasteiger partial charge in [-0.25, -0.2) is 8.78 Å². The molecule has 2 rings (SSSR count). The number of halogens is 2. The second-order valence-corrected chi connectivity index (χ2v) is 3.86. The number of Topliss-reactive ketones (excluding diaryl/α,β-unsaturated/α-hetero) is 1. The molecule has 1 heterocycles. The second kappa shape index (κ2) is 5.67. The molecule has 0 amide bonds. The van der Waals surface area contributed by atoms with Gasteiger partial charge in [-0.05, 0) is 24.3 Å². The lowest BCUT2D eigenvalue weighted by atomic mass is 10.0. The summed E-state index contributed by atoms with van der Waals surface area (Å²) >= 11 is 0. The fourth-order valence-corrected chi connectivity index (χ4v) is 1.73. The molecule has 2 aromatic rings. The lowest BCUT2D eigenvalue weighted by Crippen LogP contribution is -2.12. The van der Waals surface area contributed by atoms with Crippen molar-refractivity contribution in [2.75, 3.05) is 13.7 Å². The van der Waals surface area contributed by atoms with Crippen LogP contribution in [-0.2, 0) is 4.74 Å². The highest BCUT2D eigenvalue weighted by Gasteiger charge is 2.21. The van der Waals surface area contributed by atoms with Crippen molar-refractivity contribution < 1.29 is 18.3 Å². The van der Waals surface area contributed by atoms with E-state index in [1.165, 1.54) is 19.4 Å². The van der Waals surface area contributed by atoms with E-state index in [4.69, 9.17) is 0 Å². The number of hydrogen-bond donors (Lipinski definition) is 0. The first-order valence-electron chi connectivity index (χ1n) is 5.56. The Morgan fingerprint density at radius 3 is 2.68 bits per heavy atom. The van der Waals surface area contributed by atoms with E-state index in [2.05, 4.69) is 9.72 Å². The zero-order valence-electron chi connectivity index (χ0n) is 10.2. The molecule has 0 unspecified atom stereocenters. The van der Waals surface area contributed by atoms with Crippen LogP contribution in [0.15, 0.2) is 36.5 Å². The van der Waals surface area contributed by atoms with Gasteiger partial charge in [0.05, 0.1) is 11.3 Å². The van der Waals surface area contributed by atoms with Gasteiger partial charge in [0.2, 0.25) is 0 Å². The molecule has 0 aliphatic heterocycles. The summed E-state index contributed by atoms with van der Waals surface area (Å²) in [6.07, 6.45) is 1.49. The summed E-state index contributed by atoms with van der Waals surface area (Å²) in [7, 11) is 1.29. The van der Waals surface area contributed by atoms with Crippen molar-refractivity contribution in [1.82, 2.24) is 4.98 Å². The number of rotatable bonds is 4. The van der Waals surface area contributed by atoms with E-state index in [-0.39, 0.29) is 12.2 Å². The topological polar surface area (TPSA) is 39.2 Å². The van der Waals surface area contributed by atoms with E-state index in [0.29, 0.717) is 5.69 Å². The van der Waals surface area contributed by atoms with E-state index in [1.807, 2.05) is 0 Å². The van der Waals surface area contributed by atoms with Gasteiger partial charge in [0, 0.05) is 18.9 Å². The second-order valence-electron chi connectivity index (χ2n) is 3.86. The van der Waals surface area contributed by atoms with Gasteiger partial charge < -0.3 is 4.74 Å². The first-order chi connectivity index (χ1) is 9.15. The van der Waals surface area contributed by atoms with Crippen molar-refractivity contribution in [1.29, 1.82) is 0 Å². The molecule has 0 aliphatic carbocycles. The zero-order chi connectivity index (χ0) is 13.8. The van der Waals surface area contributed by atoms with E-state index in [9.17, 15) is 13.6 Å². The summed E-state index contributed by atoms with van der Waals surface area (Å²) in [5.41, 5.74) is -0.169. The van der Waals surface area contributed by atoms with E-state index in [0.717, 1.165) is 6.07 Å². The Balaban J connectivity index is 2.55. The van der Waals surface area contributed by atoms with Gasteiger partial charge in [-0.3, -0.25) is 9.78 Å². The number of carbonyl (C=O) groups excluding carboxylic acids is 1. The van der Waals surface area contributed by atoms with Crippen molar-refractivity contribution >= 4 is 5.78 Å². The maximum Gasteiger partial charge on any atom is 0.194 e. The number of methoxy groups -OCH3 is 1. The summed E-state index contributed by atoms with van der Waals surface area (Å²) in [6, 6.07) is 7.26. The van der Waals surface area contributed by atoms with Crippen LogP contribution in [0.2, 0.25) is 0 Å². The van der Waals surface area contributed by atoms with E-state index in [1.54, 1.807) is 18.2 Å². The van der Waals surface area contributed by atoms with Crippen LogP contribution >= 0.6 is 0 Å². The molecule has 0 aliphatic rings. The SMILES string of the molecule is COCC(=O)c1c(F)ccc(-c2ccccn2)c1F. The summed E-state index contributed by atoms with van der Waals surface area (Å²) in [5, 5.41) is 0. The smallest absolute Gasteiger partial charge is 0.194 e. The third-order valence-corrected chi connectivity index (χ3v) is 2.59. The van der Waals surface area contributed by atoms with Crippen LogP contribution in [0, 0.1) is 11.6 Å². The maximum atomic E-state index is 14.2. The molecule has 0 radical (unpaired) electrons. The highest BCUT2D eigenvalue weighted by molar-refractivity contribution is 5.98. The number of benzene rings is 1. The normalized spacial score (nSPS) is 10.5. The van der Waals surface area contributed by atoms with Gasteiger partial charge >= 0.3 is 0 Å². The predicted octanol–water partition coefficient (Wildman–Crippen LogP) is 2.86. The fraction of sp³-hybridized carbons (Fsp3) is 0.143. The van der Waals surface area contributed by atoms with E-state index >= 15 is 0 Å². The van der Waals surface area contributed by atoms with Crippen LogP contribution in [0.4, 0.5) is 8.78 Å². The number of ether oxygens (including phenoxy) is 1. The summed E-state index contributed by atoms with van der Waals surface area (Å²) in [5.74, 6) is -2.56. The average molecular weight is 263 g/mol. The lowest BCUT2D eigenvalue weighted by molar-refractivity contribution is 0.0839. The lowest BCUT2D eigenvalue weighted by Gasteiger charge is -2.08. The van der Waals surface area contributed by atoms with Gasteiger partial charge in [0.1, 0.15) is 18.2 Å². The molecule has 0 N–H and O–H groups in total. The Hall–Kier alpha value is -2.14. The monoisotopic (exact) mass is 263 g/mol. The summed E-state index contributed by atoms with van der Waals surface area (Å²) in [6.45, 7) is -0.375.